The Morgan fingerprint density at radius 1 is 1.07 bits per heavy atom. The number of hydrogen-bond donors (Lipinski definition) is 2. The van der Waals surface area contributed by atoms with E-state index in [1.165, 1.54) is 47.2 Å². The SMILES string of the molecule is CNCC(=O)OCCN(C(=O)OC(C)[n+]1cnn(CC(O)(c2cc(F)ccc2F)C(C)c2nc(-c3ccc(C#N)cc3)cs2)c1)c1ccc(F)cc1F.Cl.[Cl-]. The van der Waals surface area contributed by atoms with Crippen LogP contribution in [-0.4, -0.2) is 58.7 Å². The molecule has 3 atom stereocenters. The zero-order chi connectivity index (χ0) is 38.3. The lowest BCUT2D eigenvalue weighted by molar-refractivity contribution is -0.753. The van der Waals surface area contributed by atoms with Crippen molar-refractivity contribution in [2.24, 2.45) is 0 Å². The van der Waals surface area contributed by atoms with E-state index >= 15 is 4.39 Å². The van der Waals surface area contributed by atoms with Gasteiger partial charge < -0.3 is 32.3 Å². The summed E-state index contributed by atoms with van der Waals surface area (Å²) in [6, 6.07) is 14.1. The van der Waals surface area contributed by atoms with Crippen molar-refractivity contribution in [3.8, 4) is 17.3 Å². The third-order valence-electron chi connectivity index (χ3n) is 8.33. The Morgan fingerprint density at radius 3 is 2.44 bits per heavy atom. The van der Waals surface area contributed by atoms with Crippen LogP contribution in [0.5, 0.6) is 0 Å². The predicted octanol–water partition coefficient (Wildman–Crippen LogP) is 2.76. The van der Waals surface area contributed by atoms with Crippen LogP contribution in [0.1, 0.15) is 42.1 Å². The van der Waals surface area contributed by atoms with Gasteiger partial charge in [0.1, 0.15) is 42.0 Å². The highest BCUT2D eigenvalue weighted by Crippen LogP contribution is 2.41. The summed E-state index contributed by atoms with van der Waals surface area (Å²) in [4.78, 5) is 30.7. The van der Waals surface area contributed by atoms with Crippen LogP contribution in [0.2, 0.25) is 0 Å². The minimum Gasteiger partial charge on any atom is -1.00 e. The highest BCUT2D eigenvalue weighted by Gasteiger charge is 2.43. The van der Waals surface area contributed by atoms with E-state index in [4.69, 9.17) is 14.7 Å². The fourth-order valence-corrected chi connectivity index (χ4v) is 6.38. The molecule has 0 spiro atoms. The summed E-state index contributed by atoms with van der Waals surface area (Å²) in [5.74, 6) is -5.10. The van der Waals surface area contributed by atoms with E-state index in [1.807, 2.05) is 0 Å². The summed E-state index contributed by atoms with van der Waals surface area (Å²) in [6.07, 6.45) is 0.458. The van der Waals surface area contributed by atoms with Crippen molar-refractivity contribution in [1.82, 2.24) is 20.1 Å². The molecule has 55 heavy (non-hydrogen) atoms. The highest BCUT2D eigenvalue weighted by molar-refractivity contribution is 7.10. The molecule has 2 N–H and O–H groups in total. The molecule has 0 aliphatic rings. The molecule has 0 radical (unpaired) electrons. The van der Waals surface area contributed by atoms with Gasteiger partial charge in [-0.05, 0) is 49.5 Å². The summed E-state index contributed by atoms with van der Waals surface area (Å²) >= 11 is 1.21. The molecule has 0 saturated carbocycles. The average Bonchev–Trinajstić information content (AvgIpc) is 3.82. The lowest BCUT2D eigenvalue weighted by Crippen LogP contribution is -3.00. The van der Waals surface area contributed by atoms with Gasteiger partial charge in [-0.1, -0.05) is 19.1 Å². The molecule has 0 aliphatic carbocycles. The molecule has 3 aromatic carbocycles. The Morgan fingerprint density at radius 2 is 1.76 bits per heavy atom. The smallest absolute Gasteiger partial charge is 0.417 e. The molecular weight excluding hydrogens is 789 g/mol. The van der Waals surface area contributed by atoms with E-state index in [-0.39, 0.29) is 55.8 Å². The maximum absolute atomic E-state index is 15.4. The van der Waals surface area contributed by atoms with E-state index in [1.54, 1.807) is 36.6 Å². The second-order valence-electron chi connectivity index (χ2n) is 11.9. The number of nitrogens with zero attached hydrogens (tertiary/aromatic N) is 6. The fourth-order valence-electron chi connectivity index (χ4n) is 5.41. The van der Waals surface area contributed by atoms with Gasteiger partial charge in [-0.25, -0.2) is 27.3 Å². The number of halogens is 6. The predicted molar refractivity (Wildman–Crippen MR) is 190 cm³/mol. The number of hydrogen-bond acceptors (Lipinski definition) is 10. The molecule has 19 heteroatoms. The zero-order valence-electron chi connectivity index (χ0n) is 29.5. The fraction of sp³-hybridized carbons (Fsp3) is 0.278. The van der Waals surface area contributed by atoms with Crippen LogP contribution >= 0.6 is 23.7 Å². The van der Waals surface area contributed by atoms with Crippen molar-refractivity contribution in [2.75, 3.05) is 31.6 Å². The molecule has 1 amide bonds. The number of amides is 1. The van der Waals surface area contributed by atoms with E-state index in [2.05, 4.69) is 21.5 Å². The van der Waals surface area contributed by atoms with Crippen molar-refractivity contribution in [2.45, 2.75) is 38.1 Å². The van der Waals surface area contributed by atoms with Crippen molar-refractivity contribution in [3.63, 3.8) is 0 Å². The van der Waals surface area contributed by atoms with Gasteiger partial charge in [0, 0.05) is 40.5 Å². The Hall–Kier alpha value is -5.12. The molecule has 5 aromatic rings. The van der Waals surface area contributed by atoms with Crippen LogP contribution in [-0.2, 0) is 26.4 Å². The number of rotatable bonds is 14. The summed E-state index contributed by atoms with van der Waals surface area (Å²) in [6.45, 7) is 1.92. The summed E-state index contributed by atoms with van der Waals surface area (Å²) in [7, 11) is 1.54. The monoisotopic (exact) mass is 823 g/mol. The Bertz CT molecular complexity index is 2140. The molecule has 2 heterocycles. The van der Waals surface area contributed by atoms with Crippen LogP contribution in [0.3, 0.4) is 0 Å². The van der Waals surface area contributed by atoms with Crippen molar-refractivity contribution in [3.05, 3.63) is 118 Å². The zero-order valence-corrected chi connectivity index (χ0v) is 31.8. The largest absolute Gasteiger partial charge is 1.00 e. The average molecular weight is 825 g/mol. The van der Waals surface area contributed by atoms with Gasteiger partial charge >= 0.3 is 12.1 Å². The van der Waals surface area contributed by atoms with Gasteiger partial charge in [-0.15, -0.1) is 28.4 Å². The molecule has 3 unspecified atom stereocenters. The van der Waals surface area contributed by atoms with E-state index in [9.17, 15) is 27.9 Å². The topological polar surface area (TPSA) is 146 Å². The number of anilines is 1. The maximum Gasteiger partial charge on any atom is 0.417 e. The van der Waals surface area contributed by atoms with E-state index < -0.39 is 59.6 Å². The summed E-state index contributed by atoms with van der Waals surface area (Å²) in [5.41, 5.74) is -1.04. The number of likely N-dealkylation sites (N-methyl/N-ethyl adjacent to an activating group) is 1. The molecule has 0 saturated heterocycles. The van der Waals surface area contributed by atoms with E-state index in [0.29, 0.717) is 27.9 Å². The number of thiazole rings is 1. The quantitative estimate of drug-likeness (QED) is 0.0982. The standard InChI is InChI=1S/C36H34F4N7O5S.2ClH/c1-22(34-44-31(18-53-34)25-6-4-24(16-41)5-7-25)36(50,28-14-26(37)8-10-29(28)39)19-46-21-45(20-43-46)23(2)52-35(49)47(12-13-51-33(48)17-42-3)32-11-9-27(38)15-30(32)40;;/h4-11,14-15,18,20-23,42,50H,12-13,17,19H2,1-3H3;2*1H/q+1;;/p-1. The first kappa shape index (κ1) is 44.3. The van der Waals surface area contributed by atoms with E-state index in [0.717, 1.165) is 35.2 Å². The number of esters is 1. The number of carbonyl (C=O) groups excluding carboxylic acids is 2. The van der Waals surface area contributed by atoms with Crippen LogP contribution in [0.15, 0.2) is 78.7 Å². The maximum atomic E-state index is 15.4. The second kappa shape index (κ2) is 19.5. The van der Waals surface area contributed by atoms with Crippen LogP contribution < -0.4 is 27.2 Å². The Labute approximate surface area is 329 Å². The lowest BCUT2D eigenvalue weighted by Gasteiger charge is -2.32. The van der Waals surface area contributed by atoms with Crippen LogP contribution in [0, 0.1) is 34.6 Å². The third-order valence-corrected chi connectivity index (χ3v) is 9.35. The number of benzene rings is 3. The van der Waals surface area contributed by atoms with Crippen molar-refractivity contribution >= 4 is 41.5 Å². The second-order valence-corrected chi connectivity index (χ2v) is 12.8. The van der Waals surface area contributed by atoms with Crippen molar-refractivity contribution in [1.29, 1.82) is 5.26 Å². The minimum absolute atomic E-state index is 0. The van der Waals surface area contributed by atoms with Crippen LogP contribution in [0.4, 0.5) is 28.0 Å². The summed E-state index contributed by atoms with van der Waals surface area (Å²) < 4.78 is 71.5. The van der Waals surface area contributed by atoms with Crippen LogP contribution in [0.25, 0.3) is 11.3 Å². The molecule has 292 valence electrons. The Balaban J connectivity index is 0.00000406. The Kier molecular flexibility index (Phi) is 15.7. The third kappa shape index (κ3) is 10.6. The first-order valence-corrected chi connectivity index (χ1v) is 17.0. The molecule has 0 aliphatic heterocycles. The molecule has 5 rings (SSSR count). The first-order valence-electron chi connectivity index (χ1n) is 16.1. The molecule has 0 fully saturated rings. The van der Waals surface area contributed by atoms with Gasteiger partial charge in [0.05, 0.1) is 41.1 Å². The van der Waals surface area contributed by atoms with Crippen molar-refractivity contribution < 1.29 is 58.7 Å². The number of aliphatic hydroxyl groups is 1. The number of ether oxygens (including phenoxy) is 2. The minimum atomic E-state index is -2.11. The molecule has 2 aromatic heterocycles. The molecule has 12 nitrogen and oxygen atoms in total. The van der Waals surface area contributed by atoms with Gasteiger partial charge in [0.15, 0.2) is 0 Å². The number of carbonyl (C=O) groups is 2. The highest BCUT2D eigenvalue weighted by atomic mass is 35.5. The lowest BCUT2D eigenvalue weighted by atomic mass is 9.82. The number of aromatic nitrogens is 4. The van der Waals surface area contributed by atoms with Gasteiger partial charge in [0.2, 0.25) is 12.6 Å². The summed E-state index contributed by atoms with van der Waals surface area (Å²) in [5, 5.41) is 30.4. The normalized spacial score (nSPS) is 12.9. The molecule has 0 bridgehead atoms. The molecular formula is C36H35Cl2F4N7O5S. The van der Waals surface area contributed by atoms with Gasteiger partial charge in [-0.3, -0.25) is 9.69 Å². The number of nitriles is 1. The van der Waals surface area contributed by atoms with Gasteiger partial charge in [0.25, 0.3) is 6.33 Å². The number of nitrogens with one attached hydrogen (secondary N) is 1. The van der Waals surface area contributed by atoms with Gasteiger partial charge in [-0.2, -0.15) is 9.83 Å². The first-order chi connectivity index (χ1) is 25.3.